The van der Waals surface area contributed by atoms with Gasteiger partial charge >= 0.3 is 0 Å². The molecule has 0 aliphatic carbocycles. The highest BCUT2D eigenvalue weighted by molar-refractivity contribution is 5.58. The van der Waals surface area contributed by atoms with E-state index >= 15 is 0 Å². The van der Waals surface area contributed by atoms with Crippen molar-refractivity contribution in [1.29, 1.82) is 0 Å². The number of nitrogens with zero attached hydrogens (tertiary/aromatic N) is 2. The van der Waals surface area contributed by atoms with Crippen molar-refractivity contribution in [3.63, 3.8) is 0 Å². The van der Waals surface area contributed by atoms with E-state index < -0.39 is 0 Å². The Morgan fingerprint density at radius 3 is 2.60 bits per heavy atom. The molecule has 1 saturated heterocycles. The van der Waals surface area contributed by atoms with E-state index in [1.807, 2.05) is 13.0 Å². The van der Waals surface area contributed by atoms with Crippen molar-refractivity contribution in [2.75, 3.05) is 50.0 Å². The van der Waals surface area contributed by atoms with Crippen LogP contribution in [0.3, 0.4) is 0 Å². The zero-order chi connectivity index (χ0) is 14.5. The molecule has 0 saturated carbocycles. The largest absolute Gasteiger partial charge is 0.399 e. The first-order valence-electron chi connectivity index (χ1n) is 7.22. The number of hydrogen-bond acceptors (Lipinski definition) is 5. The van der Waals surface area contributed by atoms with Crippen LogP contribution in [0.5, 0.6) is 0 Å². The molecule has 1 heterocycles. The summed E-state index contributed by atoms with van der Waals surface area (Å²) >= 11 is 0. The van der Waals surface area contributed by atoms with Gasteiger partial charge in [0.05, 0.1) is 13.2 Å². The fraction of sp³-hybridized carbons (Fsp3) is 0.600. The van der Waals surface area contributed by atoms with Crippen molar-refractivity contribution in [3.05, 3.63) is 23.8 Å². The smallest absolute Gasteiger partial charge is 0.0558 e. The number of aryl methyl sites for hydroxylation is 1. The van der Waals surface area contributed by atoms with Gasteiger partial charge in [0.2, 0.25) is 0 Å². The second-order valence-corrected chi connectivity index (χ2v) is 5.41. The van der Waals surface area contributed by atoms with Gasteiger partial charge in [-0.1, -0.05) is 0 Å². The molecule has 0 amide bonds. The lowest BCUT2D eigenvalue weighted by Gasteiger charge is -2.28. The summed E-state index contributed by atoms with van der Waals surface area (Å²) in [5.41, 5.74) is 8.99. The zero-order valence-corrected chi connectivity index (χ0v) is 12.1. The summed E-state index contributed by atoms with van der Waals surface area (Å²) in [5.74, 6) is 0. The van der Waals surface area contributed by atoms with Crippen LogP contribution >= 0.6 is 0 Å². The molecule has 5 nitrogen and oxygen atoms in total. The topological polar surface area (TPSA) is 73.0 Å². The first-order valence-corrected chi connectivity index (χ1v) is 7.22. The van der Waals surface area contributed by atoms with Crippen molar-refractivity contribution in [2.45, 2.75) is 19.4 Å². The lowest BCUT2D eigenvalue weighted by molar-refractivity contribution is 0.129. The van der Waals surface area contributed by atoms with Crippen molar-refractivity contribution < 1.29 is 10.2 Å². The Morgan fingerprint density at radius 2 is 2.00 bits per heavy atom. The maximum Gasteiger partial charge on any atom is 0.0558 e. The van der Waals surface area contributed by atoms with Gasteiger partial charge in [0.25, 0.3) is 0 Å². The maximum absolute atomic E-state index is 9.12. The zero-order valence-electron chi connectivity index (χ0n) is 12.1. The van der Waals surface area contributed by atoms with E-state index in [1.54, 1.807) is 0 Å². The Bertz CT molecular complexity index is 433. The molecular weight excluding hydrogens is 254 g/mol. The Morgan fingerprint density at radius 1 is 1.30 bits per heavy atom. The summed E-state index contributed by atoms with van der Waals surface area (Å²) in [4.78, 5) is 4.52. The number of nitrogen functional groups attached to an aromatic ring is 1. The van der Waals surface area contributed by atoms with Gasteiger partial charge in [0.15, 0.2) is 0 Å². The third-order valence-electron chi connectivity index (χ3n) is 4.07. The van der Waals surface area contributed by atoms with E-state index in [2.05, 4.69) is 21.9 Å². The molecule has 0 spiro atoms. The molecule has 112 valence electrons. The van der Waals surface area contributed by atoms with Gasteiger partial charge in [-0.2, -0.15) is 0 Å². The van der Waals surface area contributed by atoms with Crippen molar-refractivity contribution >= 4 is 11.4 Å². The van der Waals surface area contributed by atoms with E-state index in [1.165, 1.54) is 5.69 Å². The second-order valence-electron chi connectivity index (χ2n) is 5.41. The molecule has 2 rings (SSSR count). The average molecular weight is 279 g/mol. The highest BCUT2D eigenvalue weighted by Crippen LogP contribution is 2.25. The van der Waals surface area contributed by atoms with Gasteiger partial charge in [-0.15, -0.1) is 0 Å². The monoisotopic (exact) mass is 279 g/mol. The van der Waals surface area contributed by atoms with Crippen LogP contribution in [0, 0.1) is 6.92 Å². The summed E-state index contributed by atoms with van der Waals surface area (Å²) in [6.45, 7) is 5.48. The summed E-state index contributed by atoms with van der Waals surface area (Å²) in [5, 5.41) is 18.2. The van der Waals surface area contributed by atoms with Gasteiger partial charge in [-0.3, -0.25) is 4.90 Å². The molecule has 4 N–H and O–H groups in total. The maximum atomic E-state index is 9.12. The average Bonchev–Trinajstić information content (AvgIpc) is 2.91. The Labute approximate surface area is 120 Å². The third kappa shape index (κ3) is 3.42. The number of benzene rings is 1. The Balaban J connectivity index is 2.01. The first-order chi connectivity index (χ1) is 9.65. The number of rotatable bonds is 6. The standard InChI is InChI=1S/C15H25N3O2/c1-12-10-13(2-3-15(12)16)18-5-4-14(11-18)17(6-8-19)7-9-20/h2-3,10,14,19-20H,4-9,11,16H2,1H3. The van der Waals surface area contributed by atoms with Crippen LogP contribution in [0.4, 0.5) is 11.4 Å². The van der Waals surface area contributed by atoms with Crippen LogP contribution in [0.15, 0.2) is 18.2 Å². The van der Waals surface area contributed by atoms with E-state index in [0.29, 0.717) is 19.1 Å². The third-order valence-corrected chi connectivity index (χ3v) is 4.07. The van der Waals surface area contributed by atoms with E-state index in [4.69, 9.17) is 15.9 Å². The van der Waals surface area contributed by atoms with Crippen molar-refractivity contribution in [3.8, 4) is 0 Å². The summed E-state index contributed by atoms with van der Waals surface area (Å²) in [7, 11) is 0. The molecule has 20 heavy (non-hydrogen) atoms. The molecule has 1 fully saturated rings. The van der Waals surface area contributed by atoms with Gasteiger partial charge in [0.1, 0.15) is 0 Å². The van der Waals surface area contributed by atoms with Crippen LogP contribution in [0.1, 0.15) is 12.0 Å². The number of aliphatic hydroxyl groups is 2. The highest BCUT2D eigenvalue weighted by atomic mass is 16.3. The van der Waals surface area contributed by atoms with Crippen LogP contribution < -0.4 is 10.6 Å². The van der Waals surface area contributed by atoms with Crippen molar-refractivity contribution in [1.82, 2.24) is 4.90 Å². The number of aliphatic hydroxyl groups excluding tert-OH is 2. The predicted molar refractivity (Wildman–Crippen MR) is 82.0 cm³/mol. The van der Waals surface area contributed by atoms with Crippen LogP contribution in [-0.4, -0.2) is 60.5 Å². The fourth-order valence-corrected chi connectivity index (χ4v) is 2.86. The van der Waals surface area contributed by atoms with Gasteiger partial charge in [0, 0.05) is 43.6 Å². The summed E-state index contributed by atoms with van der Waals surface area (Å²) in [6, 6.07) is 6.54. The number of nitrogens with two attached hydrogens (primary N) is 1. The first kappa shape index (κ1) is 15.1. The highest BCUT2D eigenvalue weighted by Gasteiger charge is 2.27. The minimum absolute atomic E-state index is 0.136. The van der Waals surface area contributed by atoms with Gasteiger partial charge in [-0.25, -0.2) is 0 Å². The molecule has 0 aromatic heterocycles. The molecule has 5 heteroatoms. The van der Waals surface area contributed by atoms with Crippen LogP contribution in [0.2, 0.25) is 0 Å². The number of anilines is 2. The van der Waals surface area contributed by atoms with Crippen molar-refractivity contribution in [2.24, 2.45) is 0 Å². The quantitative estimate of drug-likeness (QED) is 0.659. The van der Waals surface area contributed by atoms with Crippen LogP contribution in [0.25, 0.3) is 0 Å². The molecule has 1 aromatic carbocycles. The van der Waals surface area contributed by atoms with Gasteiger partial charge in [-0.05, 0) is 37.1 Å². The van der Waals surface area contributed by atoms with E-state index in [0.717, 1.165) is 30.8 Å². The van der Waals surface area contributed by atoms with E-state index in [9.17, 15) is 0 Å². The fourth-order valence-electron chi connectivity index (χ4n) is 2.86. The lowest BCUT2D eigenvalue weighted by Crippen LogP contribution is -2.41. The molecule has 1 aliphatic rings. The number of hydrogen-bond donors (Lipinski definition) is 3. The lowest BCUT2D eigenvalue weighted by atomic mass is 10.1. The second kappa shape index (κ2) is 6.92. The SMILES string of the molecule is Cc1cc(N2CCC(N(CCO)CCO)C2)ccc1N. The predicted octanol–water partition coefficient (Wildman–Crippen LogP) is 0.443. The molecule has 0 radical (unpaired) electrons. The summed E-state index contributed by atoms with van der Waals surface area (Å²) < 4.78 is 0. The molecular formula is C15H25N3O2. The molecule has 1 aliphatic heterocycles. The van der Waals surface area contributed by atoms with Gasteiger partial charge < -0.3 is 20.8 Å². The molecule has 0 bridgehead atoms. The molecule has 1 atom stereocenters. The minimum Gasteiger partial charge on any atom is -0.399 e. The molecule has 1 unspecified atom stereocenters. The molecule has 1 aromatic rings. The van der Waals surface area contributed by atoms with Crippen LogP contribution in [-0.2, 0) is 0 Å². The van der Waals surface area contributed by atoms with E-state index in [-0.39, 0.29) is 13.2 Å². The Hall–Kier alpha value is -1.30. The Kier molecular flexibility index (Phi) is 5.23. The normalized spacial score (nSPS) is 19.0. The minimum atomic E-state index is 0.136. The summed E-state index contributed by atoms with van der Waals surface area (Å²) in [6.07, 6.45) is 1.06.